The average Bonchev–Trinajstić information content (AvgIpc) is 2.59. The van der Waals surface area contributed by atoms with Gasteiger partial charge in [0.1, 0.15) is 6.04 Å². The van der Waals surface area contributed by atoms with Gasteiger partial charge in [-0.15, -0.1) is 5.10 Å². The van der Waals surface area contributed by atoms with Crippen molar-refractivity contribution >= 4 is 0 Å². The van der Waals surface area contributed by atoms with Crippen LogP contribution in [0.2, 0.25) is 0 Å². The predicted octanol–water partition coefficient (Wildman–Crippen LogP) is 0.421. The third-order valence-electron chi connectivity index (χ3n) is 2.13. The standard InChI is InChI=1S/C10H11N3O2/c1-13-10(14)15-9(12-13)8(11)7-5-3-2-4-6-7/h2-6,8H,11H2,1H3. The zero-order chi connectivity index (χ0) is 10.8. The molecule has 2 aromatic rings. The Morgan fingerprint density at radius 2 is 2.07 bits per heavy atom. The van der Waals surface area contributed by atoms with Crippen LogP contribution in [0.1, 0.15) is 17.5 Å². The monoisotopic (exact) mass is 205 g/mol. The molecular weight excluding hydrogens is 194 g/mol. The van der Waals surface area contributed by atoms with Crippen LogP contribution in [-0.2, 0) is 7.05 Å². The topological polar surface area (TPSA) is 74.1 Å². The summed E-state index contributed by atoms with van der Waals surface area (Å²) in [6, 6.07) is 8.86. The molecule has 0 spiro atoms. The third kappa shape index (κ3) is 1.82. The second kappa shape index (κ2) is 3.70. The lowest BCUT2D eigenvalue weighted by Gasteiger charge is -2.05. The first kappa shape index (κ1) is 9.67. The van der Waals surface area contributed by atoms with E-state index in [0.29, 0.717) is 0 Å². The first-order valence-corrected chi connectivity index (χ1v) is 4.53. The van der Waals surface area contributed by atoms with Gasteiger partial charge in [0.25, 0.3) is 0 Å². The van der Waals surface area contributed by atoms with Crippen molar-refractivity contribution in [2.75, 3.05) is 0 Å². The van der Waals surface area contributed by atoms with E-state index in [9.17, 15) is 4.79 Å². The van der Waals surface area contributed by atoms with E-state index in [1.165, 1.54) is 7.05 Å². The van der Waals surface area contributed by atoms with E-state index in [4.69, 9.17) is 10.2 Å². The molecule has 1 unspecified atom stereocenters. The van der Waals surface area contributed by atoms with E-state index in [2.05, 4.69) is 5.10 Å². The molecule has 1 atom stereocenters. The second-order valence-corrected chi connectivity index (χ2v) is 3.22. The summed E-state index contributed by atoms with van der Waals surface area (Å²) in [7, 11) is 1.52. The van der Waals surface area contributed by atoms with Gasteiger partial charge in [-0.3, -0.25) is 0 Å². The Labute approximate surface area is 86.1 Å². The molecule has 1 heterocycles. The minimum absolute atomic E-state index is 0.230. The van der Waals surface area contributed by atoms with Gasteiger partial charge in [0.15, 0.2) is 0 Å². The summed E-state index contributed by atoms with van der Waals surface area (Å²) in [5.41, 5.74) is 6.75. The third-order valence-corrected chi connectivity index (χ3v) is 2.13. The van der Waals surface area contributed by atoms with Crippen LogP contribution in [0.3, 0.4) is 0 Å². The van der Waals surface area contributed by atoms with Crippen molar-refractivity contribution in [1.82, 2.24) is 9.78 Å². The maximum absolute atomic E-state index is 11.1. The summed E-state index contributed by atoms with van der Waals surface area (Å²) in [6.07, 6.45) is 0. The quantitative estimate of drug-likeness (QED) is 0.771. The van der Waals surface area contributed by atoms with Crippen LogP contribution in [0.5, 0.6) is 0 Å². The SMILES string of the molecule is Cn1nc(C(N)c2ccccc2)oc1=O. The zero-order valence-electron chi connectivity index (χ0n) is 8.25. The molecule has 1 aromatic heterocycles. The van der Waals surface area contributed by atoms with Crippen molar-refractivity contribution in [3.8, 4) is 0 Å². The minimum Gasteiger partial charge on any atom is -0.390 e. The molecule has 0 saturated carbocycles. The number of aromatic nitrogens is 2. The average molecular weight is 205 g/mol. The van der Waals surface area contributed by atoms with Gasteiger partial charge in [-0.25, -0.2) is 4.79 Å². The Kier molecular flexibility index (Phi) is 2.39. The fourth-order valence-electron chi connectivity index (χ4n) is 1.29. The molecular formula is C10H11N3O2. The molecule has 0 bridgehead atoms. The molecule has 2 N–H and O–H groups in total. The van der Waals surface area contributed by atoms with Gasteiger partial charge >= 0.3 is 5.76 Å². The van der Waals surface area contributed by atoms with Gasteiger partial charge in [0.2, 0.25) is 5.89 Å². The van der Waals surface area contributed by atoms with Crippen molar-refractivity contribution in [3.63, 3.8) is 0 Å². The van der Waals surface area contributed by atoms with Crippen LogP contribution < -0.4 is 11.5 Å². The van der Waals surface area contributed by atoms with E-state index in [0.717, 1.165) is 10.2 Å². The molecule has 0 saturated heterocycles. The van der Waals surface area contributed by atoms with Crippen molar-refractivity contribution in [1.29, 1.82) is 0 Å². The van der Waals surface area contributed by atoms with Gasteiger partial charge in [-0.05, 0) is 5.56 Å². The van der Waals surface area contributed by atoms with E-state index >= 15 is 0 Å². The number of nitrogens with two attached hydrogens (primary N) is 1. The number of hydrogen-bond donors (Lipinski definition) is 1. The van der Waals surface area contributed by atoms with Gasteiger partial charge in [-0.1, -0.05) is 30.3 Å². The smallest absolute Gasteiger partial charge is 0.390 e. The van der Waals surface area contributed by atoms with Gasteiger partial charge in [-0.2, -0.15) is 4.68 Å². The van der Waals surface area contributed by atoms with Gasteiger partial charge in [0, 0.05) is 7.05 Å². The Morgan fingerprint density at radius 3 is 2.60 bits per heavy atom. The first-order valence-electron chi connectivity index (χ1n) is 4.53. The molecule has 1 aromatic carbocycles. The van der Waals surface area contributed by atoms with Crippen LogP contribution in [0.25, 0.3) is 0 Å². The number of benzene rings is 1. The lowest BCUT2D eigenvalue weighted by Crippen LogP contribution is -2.12. The molecule has 0 fully saturated rings. The summed E-state index contributed by atoms with van der Waals surface area (Å²) in [5.74, 6) is -0.273. The molecule has 2 rings (SSSR count). The Hall–Kier alpha value is -1.88. The number of rotatable bonds is 2. The normalized spacial score (nSPS) is 12.7. The molecule has 5 nitrogen and oxygen atoms in total. The van der Waals surface area contributed by atoms with Crippen molar-refractivity contribution in [2.24, 2.45) is 12.8 Å². The molecule has 15 heavy (non-hydrogen) atoms. The highest BCUT2D eigenvalue weighted by Gasteiger charge is 2.15. The Morgan fingerprint density at radius 1 is 1.40 bits per heavy atom. The van der Waals surface area contributed by atoms with Crippen molar-refractivity contribution in [3.05, 3.63) is 52.3 Å². The lowest BCUT2D eigenvalue weighted by atomic mass is 10.1. The van der Waals surface area contributed by atoms with Crippen molar-refractivity contribution in [2.45, 2.75) is 6.04 Å². The van der Waals surface area contributed by atoms with Crippen LogP contribution in [0.15, 0.2) is 39.5 Å². The molecule has 0 aliphatic rings. The van der Waals surface area contributed by atoms with Crippen LogP contribution >= 0.6 is 0 Å². The molecule has 0 radical (unpaired) electrons. The number of hydrogen-bond acceptors (Lipinski definition) is 4. The van der Waals surface area contributed by atoms with Gasteiger partial charge in [0.05, 0.1) is 0 Å². The molecule has 0 amide bonds. The summed E-state index contributed by atoms with van der Waals surface area (Å²) >= 11 is 0. The highest BCUT2D eigenvalue weighted by Crippen LogP contribution is 2.15. The van der Waals surface area contributed by atoms with Crippen LogP contribution in [0.4, 0.5) is 0 Å². The predicted molar refractivity (Wildman–Crippen MR) is 54.2 cm³/mol. The van der Waals surface area contributed by atoms with Crippen molar-refractivity contribution < 1.29 is 4.42 Å². The number of aryl methyl sites for hydroxylation is 1. The second-order valence-electron chi connectivity index (χ2n) is 3.22. The first-order chi connectivity index (χ1) is 7.18. The maximum Gasteiger partial charge on any atom is 0.436 e. The summed E-state index contributed by atoms with van der Waals surface area (Å²) in [5, 5.41) is 3.90. The summed E-state index contributed by atoms with van der Waals surface area (Å²) < 4.78 is 6.02. The summed E-state index contributed by atoms with van der Waals surface area (Å²) in [6.45, 7) is 0. The molecule has 78 valence electrons. The van der Waals surface area contributed by atoms with E-state index < -0.39 is 11.8 Å². The minimum atomic E-state index is -0.503. The highest BCUT2D eigenvalue weighted by molar-refractivity contribution is 5.22. The van der Waals surface area contributed by atoms with Crippen LogP contribution in [0, 0.1) is 0 Å². The van der Waals surface area contributed by atoms with E-state index in [-0.39, 0.29) is 5.89 Å². The van der Waals surface area contributed by atoms with Crippen LogP contribution in [-0.4, -0.2) is 9.78 Å². The molecule has 0 aliphatic carbocycles. The highest BCUT2D eigenvalue weighted by atomic mass is 16.4. The fraction of sp³-hybridized carbons (Fsp3) is 0.200. The Bertz CT molecular complexity index is 501. The van der Waals surface area contributed by atoms with E-state index in [1.807, 2.05) is 30.3 Å². The molecule has 5 heteroatoms. The zero-order valence-corrected chi connectivity index (χ0v) is 8.25. The van der Waals surface area contributed by atoms with E-state index in [1.54, 1.807) is 0 Å². The number of nitrogens with zero attached hydrogens (tertiary/aromatic N) is 2. The lowest BCUT2D eigenvalue weighted by molar-refractivity contribution is 0.439. The largest absolute Gasteiger partial charge is 0.436 e. The summed E-state index contributed by atoms with van der Waals surface area (Å²) in [4.78, 5) is 11.1. The van der Waals surface area contributed by atoms with Gasteiger partial charge < -0.3 is 10.2 Å². The molecule has 0 aliphatic heterocycles. The Balaban J connectivity index is 2.36. The fourth-order valence-corrected chi connectivity index (χ4v) is 1.29. The maximum atomic E-state index is 11.1.